The molecular formula is C19H22N2O4. The Balaban J connectivity index is 1.43. The number of methoxy groups -OCH3 is 1. The number of allylic oxidation sites excluding steroid dienone is 6. The fraction of sp³-hybridized carbons (Fsp3) is 0.368. The minimum absolute atomic E-state index is 0.0454. The monoisotopic (exact) mass is 342 g/mol. The molecule has 25 heavy (non-hydrogen) atoms. The minimum Gasteiger partial charge on any atom is -0.497 e. The number of carbonyl (C=O) groups is 1. The molecule has 2 aliphatic rings. The van der Waals surface area contributed by atoms with Crippen LogP contribution in [0.15, 0.2) is 58.6 Å². The molecule has 1 atom stereocenters. The van der Waals surface area contributed by atoms with Crippen LogP contribution in [-0.4, -0.2) is 18.2 Å². The SMILES string of the molecule is COC1=CCC(C(=O)NCc2cc(COC3=CC=CCC3)no2)C=C1. The number of ether oxygens (including phenoxy) is 2. The van der Waals surface area contributed by atoms with E-state index in [1.54, 1.807) is 13.2 Å². The summed E-state index contributed by atoms with van der Waals surface area (Å²) < 4.78 is 16.1. The van der Waals surface area contributed by atoms with Crippen molar-refractivity contribution >= 4 is 5.91 Å². The standard InChI is InChI=1S/C19H22N2O4/c1-23-16-9-7-14(8-10-16)19(22)20-12-18-11-15(21-25-18)13-24-17-5-3-2-4-6-17/h2-3,5,7,9-11,14H,4,6,8,12-13H2,1H3,(H,20,22). The Hall–Kier alpha value is -2.76. The van der Waals surface area contributed by atoms with Crippen molar-refractivity contribution in [2.24, 2.45) is 5.92 Å². The predicted molar refractivity (Wildman–Crippen MR) is 91.9 cm³/mol. The van der Waals surface area contributed by atoms with E-state index in [0.717, 1.165) is 24.4 Å². The Morgan fingerprint density at radius 3 is 3.12 bits per heavy atom. The lowest BCUT2D eigenvalue weighted by atomic mass is 9.99. The molecule has 0 bridgehead atoms. The second kappa shape index (κ2) is 8.37. The highest BCUT2D eigenvalue weighted by Crippen LogP contribution is 2.18. The number of hydrogen-bond donors (Lipinski definition) is 1. The third kappa shape index (κ3) is 4.86. The lowest BCUT2D eigenvalue weighted by Gasteiger charge is -2.14. The third-order valence-corrected chi connectivity index (χ3v) is 4.06. The Bertz CT molecular complexity index is 728. The van der Waals surface area contributed by atoms with Crippen LogP contribution in [0.2, 0.25) is 0 Å². The lowest BCUT2D eigenvalue weighted by molar-refractivity contribution is -0.123. The van der Waals surface area contributed by atoms with Crippen LogP contribution in [-0.2, 0) is 27.4 Å². The first-order valence-electron chi connectivity index (χ1n) is 8.37. The van der Waals surface area contributed by atoms with Gasteiger partial charge in [-0.1, -0.05) is 23.4 Å². The van der Waals surface area contributed by atoms with E-state index < -0.39 is 0 Å². The molecule has 1 aromatic heterocycles. The number of carbonyl (C=O) groups excluding carboxylic acids is 1. The average Bonchev–Trinajstić information content (AvgIpc) is 3.13. The number of hydrogen-bond acceptors (Lipinski definition) is 5. The van der Waals surface area contributed by atoms with E-state index in [1.165, 1.54) is 0 Å². The van der Waals surface area contributed by atoms with Crippen molar-refractivity contribution in [1.29, 1.82) is 0 Å². The van der Waals surface area contributed by atoms with Gasteiger partial charge in [-0.2, -0.15) is 0 Å². The predicted octanol–water partition coefficient (Wildman–Crippen LogP) is 3.15. The smallest absolute Gasteiger partial charge is 0.227 e. The van der Waals surface area contributed by atoms with Gasteiger partial charge in [-0.3, -0.25) is 4.79 Å². The third-order valence-electron chi connectivity index (χ3n) is 4.06. The van der Waals surface area contributed by atoms with Gasteiger partial charge in [-0.25, -0.2) is 0 Å². The van der Waals surface area contributed by atoms with E-state index in [4.69, 9.17) is 14.0 Å². The summed E-state index contributed by atoms with van der Waals surface area (Å²) in [5.74, 6) is 2.12. The highest BCUT2D eigenvalue weighted by atomic mass is 16.5. The van der Waals surface area contributed by atoms with Gasteiger partial charge in [0.15, 0.2) is 5.76 Å². The summed E-state index contributed by atoms with van der Waals surface area (Å²) in [5.41, 5.74) is 0.713. The Kier molecular flexibility index (Phi) is 5.72. The molecule has 0 fully saturated rings. The van der Waals surface area contributed by atoms with Crippen LogP contribution < -0.4 is 5.32 Å². The van der Waals surface area contributed by atoms with E-state index in [1.807, 2.05) is 30.4 Å². The van der Waals surface area contributed by atoms with E-state index >= 15 is 0 Å². The molecule has 2 aliphatic carbocycles. The molecule has 0 aromatic carbocycles. The summed E-state index contributed by atoms with van der Waals surface area (Å²) in [7, 11) is 1.61. The van der Waals surface area contributed by atoms with E-state index in [-0.39, 0.29) is 11.8 Å². The Labute approximate surface area is 146 Å². The van der Waals surface area contributed by atoms with Crippen LogP contribution in [0.4, 0.5) is 0 Å². The Morgan fingerprint density at radius 1 is 1.48 bits per heavy atom. The van der Waals surface area contributed by atoms with Crippen molar-refractivity contribution in [3.63, 3.8) is 0 Å². The maximum atomic E-state index is 12.2. The molecule has 132 valence electrons. The van der Waals surface area contributed by atoms with Crippen LogP contribution in [0.25, 0.3) is 0 Å². The van der Waals surface area contributed by atoms with Gasteiger partial charge in [0.05, 0.1) is 25.3 Å². The van der Waals surface area contributed by atoms with E-state index in [0.29, 0.717) is 31.0 Å². The zero-order valence-electron chi connectivity index (χ0n) is 14.2. The van der Waals surface area contributed by atoms with Gasteiger partial charge < -0.3 is 19.3 Å². The fourth-order valence-electron chi connectivity index (χ4n) is 2.63. The highest BCUT2D eigenvalue weighted by molar-refractivity contribution is 5.80. The molecule has 6 heteroatoms. The Morgan fingerprint density at radius 2 is 2.40 bits per heavy atom. The summed E-state index contributed by atoms with van der Waals surface area (Å²) in [5, 5.41) is 6.84. The first-order valence-corrected chi connectivity index (χ1v) is 8.37. The minimum atomic E-state index is -0.184. The molecule has 1 aromatic rings. The van der Waals surface area contributed by atoms with Gasteiger partial charge in [-0.15, -0.1) is 0 Å². The van der Waals surface area contributed by atoms with Crippen molar-refractivity contribution in [3.05, 3.63) is 65.5 Å². The number of amides is 1. The topological polar surface area (TPSA) is 73.6 Å². The van der Waals surface area contributed by atoms with Crippen LogP contribution in [0, 0.1) is 5.92 Å². The molecule has 3 rings (SSSR count). The van der Waals surface area contributed by atoms with Crippen molar-refractivity contribution in [2.75, 3.05) is 7.11 Å². The first-order chi connectivity index (χ1) is 12.2. The molecule has 0 radical (unpaired) electrons. The maximum absolute atomic E-state index is 12.2. The van der Waals surface area contributed by atoms with Crippen molar-refractivity contribution in [1.82, 2.24) is 10.5 Å². The normalized spacial score (nSPS) is 19.2. The molecule has 0 saturated carbocycles. The van der Waals surface area contributed by atoms with Gasteiger partial charge in [0.2, 0.25) is 5.91 Å². The molecule has 1 heterocycles. The number of aromatic nitrogens is 1. The molecule has 0 spiro atoms. The van der Waals surface area contributed by atoms with E-state index in [2.05, 4.69) is 16.5 Å². The van der Waals surface area contributed by atoms with Crippen LogP contribution >= 0.6 is 0 Å². The summed E-state index contributed by atoms with van der Waals surface area (Å²) in [6.45, 7) is 0.676. The largest absolute Gasteiger partial charge is 0.497 e. The van der Waals surface area contributed by atoms with Gasteiger partial charge in [-0.05, 0) is 31.1 Å². The van der Waals surface area contributed by atoms with Gasteiger partial charge in [0, 0.05) is 12.5 Å². The second-order valence-corrected chi connectivity index (χ2v) is 5.90. The quantitative estimate of drug-likeness (QED) is 0.824. The molecule has 0 aliphatic heterocycles. The number of nitrogens with one attached hydrogen (secondary N) is 1. The van der Waals surface area contributed by atoms with Crippen LogP contribution in [0.3, 0.4) is 0 Å². The van der Waals surface area contributed by atoms with E-state index in [9.17, 15) is 4.79 Å². The highest BCUT2D eigenvalue weighted by Gasteiger charge is 2.18. The van der Waals surface area contributed by atoms with Crippen LogP contribution in [0.5, 0.6) is 0 Å². The lowest BCUT2D eigenvalue weighted by Crippen LogP contribution is -2.29. The zero-order chi connectivity index (χ0) is 17.5. The first kappa shape index (κ1) is 17.1. The summed E-state index contributed by atoms with van der Waals surface area (Å²) in [4.78, 5) is 12.2. The van der Waals surface area contributed by atoms with Crippen molar-refractivity contribution in [2.45, 2.75) is 32.4 Å². The van der Waals surface area contributed by atoms with Crippen molar-refractivity contribution < 1.29 is 18.8 Å². The van der Waals surface area contributed by atoms with Crippen molar-refractivity contribution in [3.8, 4) is 0 Å². The summed E-state index contributed by atoms with van der Waals surface area (Å²) in [6.07, 6.45) is 14.2. The number of nitrogens with zero attached hydrogens (tertiary/aromatic N) is 1. The molecule has 6 nitrogen and oxygen atoms in total. The number of rotatable bonds is 7. The van der Waals surface area contributed by atoms with Crippen LogP contribution in [0.1, 0.15) is 30.7 Å². The van der Waals surface area contributed by atoms with Gasteiger partial charge in [0.25, 0.3) is 0 Å². The maximum Gasteiger partial charge on any atom is 0.227 e. The molecule has 1 amide bonds. The summed E-state index contributed by atoms with van der Waals surface area (Å²) in [6, 6.07) is 1.80. The molecule has 0 saturated heterocycles. The zero-order valence-corrected chi connectivity index (χ0v) is 14.2. The molecule has 1 N–H and O–H groups in total. The second-order valence-electron chi connectivity index (χ2n) is 5.90. The average molecular weight is 342 g/mol. The van der Waals surface area contributed by atoms with Gasteiger partial charge in [0.1, 0.15) is 18.1 Å². The fourth-order valence-corrected chi connectivity index (χ4v) is 2.63. The molecular weight excluding hydrogens is 320 g/mol. The van der Waals surface area contributed by atoms with Gasteiger partial charge >= 0.3 is 0 Å². The summed E-state index contributed by atoms with van der Waals surface area (Å²) >= 11 is 0. The molecule has 1 unspecified atom stereocenters.